The second kappa shape index (κ2) is 6.91. The maximum atomic E-state index is 4.65. The normalized spacial score (nSPS) is 10.9. The molecule has 0 saturated carbocycles. The van der Waals surface area contributed by atoms with E-state index in [9.17, 15) is 0 Å². The van der Waals surface area contributed by atoms with Gasteiger partial charge in [0.2, 0.25) is 0 Å². The summed E-state index contributed by atoms with van der Waals surface area (Å²) < 4.78 is 2.40. The van der Waals surface area contributed by atoms with Gasteiger partial charge in [0.1, 0.15) is 0 Å². The highest BCUT2D eigenvalue weighted by atomic mass is 32.2. The predicted molar refractivity (Wildman–Crippen MR) is 92.2 cm³/mol. The third kappa shape index (κ3) is 3.74. The van der Waals surface area contributed by atoms with Crippen LogP contribution in [-0.4, -0.2) is 15.7 Å². The van der Waals surface area contributed by atoms with E-state index >= 15 is 0 Å². The van der Waals surface area contributed by atoms with Gasteiger partial charge in [-0.05, 0) is 36.2 Å². The quantitative estimate of drug-likeness (QED) is 0.663. The van der Waals surface area contributed by atoms with E-state index in [4.69, 9.17) is 0 Å². The summed E-state index contributed by atoms with van der Waals surface area (Å²) >= 11 is 3.61. The lowest BCUT2D eigenvalue weighted by atomic mass is 10.2. The fraction of sp³-hybridized carbons (Fsp3) is 0.250. The molecule has 0 aliphatic heterocycles. The average Bonchev–Trinajstić information content (AvgIpc) is 2.94. The number of rotatable bonds is 6. The van der Waals surface area contributed by atoms with Crippen molar-refractivity contribution < 1.29 is 0 Å². The fourth-order valence-corrected chi connectivity index (χ4v) is 4.00. The lowest BCUT2D eigenvalue weighted by Gasteiger charge is -2.05. The SMILES string of the molecule is CCCSc1nc2ccc(NCc3cccnc3)cc2s1. The molecule has 0 spiro atoms. The number of nitrogens with one attached hydrogen (secondary N) is 1. The first kappa shape index (κ1) is 14.4. The van der Waals surface area contributed by atoms with Gasteiger partial charge >= 0.3 is 0 Å². The Morgan fingerprint density at radius 3 is 3.05 bits per heavy atom. The molecule has 108 valence electrons. The zero-order chi connectivity index (χ0) is 14.5. The standard InChI is InChI=1S/C16H17N3S2/c1-2-8-20-16-19-14-6-5-13(9-15(14)21-16)18-11-12-4-3-7-17-10-12/h3-7,9-10,18H,2,8,11H2,1H3. The van der Waals surface area contributed by atoms with Gasteiger partial charge < -0.3 is 5.32 Å². The zero-order valence-electron chi connectivity index (χ0n) is 11.9. The van der Waals surface area contributed by atoms with Gasteiger partial charge in [0.15, 0.2) is 4.34 Å². The number of thiazole rings is 1. The second-order valence-electron chi connectivity index (χ2n) is 4.73. The van der Waals surface area contributed by atoms with Crippen molar-refractivity contribution in [3.63, 3.8) is 0 Å². The van der Waals surface area contributed by atoms with Crippen molar-refractivity contribution >= 4 is 39.0 Å². The van der Waals surface area contributed by atoms with Gasteiger partial charge in [-0.25, -0.2) is 4.98 Å². The maximum Gasteiger partial charge on any atom is 0.151 e. The molecule has 0 unspecified atom stereocenters. The molecule has 0 radical (unpaired) electrons. The van der Waals surface area contributed by atoms with Crippen molar-refractivity contribution in [2.45, 2.75) is 24.2 Å². The van der Waals surface area contributed by atoms with E-state index in [0.717, 1.165) is 27.8 Å². The molecule has 0 atom stereocenters. The van der Waals surface area contributed by atoms with Crippen LogP contribution in [0.5, 0.6) is 0 Å². The third-order valence-electron chi connectivity index (χ3n) is 3.02. The van der Waals surface area contributed by atoms with Crippen molar-refractivity contribution in [2.75, 3.05) is 11.1 Å². The van der Waals surface area contributed by atoms with Crippen LogP contribution in [0.2, 0.25) is 0 Å². The van der Waals surface area contributed by atoms with Gasteiger partial charge in [0, 0.05) is 30.4 Å². The Morgan fingerprint density at radius 2 is 2.24 bits per heavy atom. The number of pyridine rings is 1. The molecule has 5 heteroatoms. The second-order valence-corrected chi connectivity index (χ2v) is 7.10. The molecule has 3 rings (SSSR count). The molecule has 0 aliphatic rings. The minimum atomic E-state index is 0.787. The van der Waals surface area contributed by atoms with Crippen molar-refractivity contribution in [2.24, 2.45) is 0 Å². The highest BCUT2D eigenvalue weighted by Gasteiger charge is 2.05. The van der Waals surface area contributed by atoms with Gasteiger partial charge in [-0.15, -0.1) is 11.3 Å². The van der Waals surface area contributed by atoms with E-state index in [1.54, 1.807) is 17.5 Å². The first-order valence-electron chi connectivity index (χ1n) is 7.01. The number of benzene rings is 1. The van der Waals surface area contributed by atoms with Gasteiger partial charge in [-0.3, -0.25) is 4.98 Å². The summed E-state index contributed by atoms with van der Waals surface area (Å²) in [6.07, 6.45) is 4.86. The van der Waals surface area contributed by atoms with Crippen molar-refractivity contribution in [1.82, 2.24) is 9.97 Å². The predicted octanol–water partition coefficient (Wildman–Crippen LogP) is 4.81. The largest absolute Gasteiger partial charge is 0.381 e. The molecule has 1 N–H and O–H groups in total. The molecule has 0 bridgehead atoms. The minimum Gasteiger partial charge on any atom is -0.381 e. The van der Waals surface area contributed by atoms with Crippen LogP contribution in [0.4, 0.5) is 5.69 Å². The van der Waals surface area contributed by atoms with Gasteiger partial charge in [0.05, 0.1) is 10.2 Å². The van der Waals surface area contributed by atoms with Crippen LogP contribution in [0.25, 0.3) is 10.2 Å². The first-order chi connectivity index (χ1) is 10.3. The van der Waals surface area contributed by atoms with Crippen LogP contribution in [-0.2, 0) is 6.54 Å². The van der Waals surface area contributed by atoms with Gasteiger partial charge in [-0.1, -0.05) is 24.8 Å². The van der Waals surface area contributed by atoms with E-state index in [2.05, 4.69) is 46.5 Å². The summed E-state index contributed by atoms with van der Waals surface area (Å²) in [7, 11) is 0. The first-order valence-corrected chi connectivity index (χ1v) is 8.81. The van der Waals surface area contributed by atoms with Crippen LogP contribution in [0.3, 0.4) is 0 Å². The zero-order valence-corrected chi connectivity index (χ0v) is 13.5. The number of hydrogen-bond donors (Lipinski definition) is 1. The van der Waals surface area contributed by atoms with E-state index in [0.29, 0.717) is 0 Å². The lowest BCUT2D eigenvalue weighted by Crippen LogP contribution is -1.99. The number of anilines is 1. The number of hydrogen-bond acceptors (Lipinski definition) is 5. The van der Waals surface area contributed by atoms with Gasteiger partial charge in [-0.2, -0.15) is 0 Å². The van der Waals surface area contributed by atoms with Gasteiger partial charge in [0.25, 0.3) is 0 Å². The average molecular weight is 315 g/mol. The summed E-state index contributed by atoms with van der Waals surface area (Å²) in [5.74, 6) is 1.13. The molecule has 3 aromatic rings. The Kier molecular flexibility index (Phi) is 4.72. The molecule has 2 heterocycles. The number of aromatic nitrogens is 2. The Balaban J connectivity index is 1.71. The Bertz CT molecular complexity index is 710. The van der Waals surface area contributed by atoms with Crippen molar-refractivity contribution in [3.05, 3.63) is 48.3 Å². The maximum absolute atomic E-state index is 4.65. The third-order valence-corrected chi connectivity index (χ3v) is 5.38. The number of fused-ring (bicyclic) bond motifs is 1. The Hall–Kier alpha value is -1.59. The molecular weight excluding hydrogens is 298 g/mol. The van der Waals surface area contributed by atoms with E-state index < -0.39 is 0 Å². The summed E-state index contributed by atoms with van der Waals surface area (Å²) in [5.41, 5.74) is 3.40. The summed E-state index contributed by atoms with van der Waals surface area (Å²) in [6.45, 7) is 2.98. The topological polar surface area (TPSA) is 37.8 Å². The molecule has 0 amide bonds. The molecule has 21 heavy (non-hydrogen) atoms. The molecule has 0 saturated heterocycles. The lowest BCUT2D eigenvalue weighted by molar-refractivity contribution is 1.10. The molecule has 1 aromatic carbocycles. The Morgan fingerprint density at radius 1 is 1.29 bits per heavy atom. The summed E-state index contributed by atoms with van der Waals surface area (Å²) in [4.78, 5) is 8.78. The van der Waals surface area contributed by atoms with Crippen LogP contribution in [0.15, 0.2) is 47.1 Å². The fourth-order valence-electron chi connectivity index (χ4n) is 1.97. The number of thioether (sulfide) groups is 1. The van der Waals surface area contributed by atoms with E-state index in [1.165, 1.54) is 16.7 Å². The van der Waals surface area contributed by atoms with E-state index in [-0.39, 0.29) is 0 Å². The van der Waals surface area contributed by atoms with Crippen LogP contribution in [0, 0.1) is 0 Å². The Labute approximate surface area is 132 Å². The minimum absolute atomic E-state index is 0.787. The van der Waals surface area contributed by atoms with Crippen LogP contribution in [0.1, 0.15) is 18.9 Å². The monoisotopic (exact) mass is 315 g/mol. The molecular formula is C16H17N3S2. The molecule has 0 aliphatic carbocycles. The highest BCUT2D eigenvalue weighted by molar-refractivity contribution is 8.01. The van der Waals surface area contributed by atoms with E-state index in [1.807, 2.05) is 24.0 Å². The molecule has 3 nitrogen and oxygen atoms in total. The smallest absolute Gasteiger partial charge is 0.151 e. The van der Waals surface area contributed by atoms with Crippen molar-refractivity contribution in [1.29, 1.82) is 0 Å². The molecule has 0 fully saturated rings. The summed E-state index contributed by atoms with van der Waals surface area (Å²) in [6, 6.07) is 10.4. The van der Waals surface area contributed by atoms with Crippen LogP contribution < -0.4 is 5.32 Å². The van der Waals surface area contributed by atoms with Crippen LogP contribution >= 0.6 is 23.1 Å². The molecule has 2 aromatic heterocycles. The van der Waals surface area contributed by atoms with Crippen molar-refractivity contribution in [3.8, 4) is 0 Å². The number of nitrogens with zero attached hydrogens (tertiary/aromatic N) is 2. The summed E-state index contributed by atoms with van der Waals surface area (Å²) in [5, 5.41) is 3.44. The highest BCUT2D eigenvalue weighted by Crippen LogP contribution is 2.31.